The van der Waals surface area contributed by atoms with Gasteiger partial charge in [0.05, 0.1) is 5.54 Å². The summed E-state index contributed by atoms with van der Waals surface area (Å²) in [5.41, 5.74) is 5.92. The predicted octanol–water partition coefficient (Wildman–Crippen LogP) is 2.70. The zero-order valence-corrected chi connectivity index (χ0v) is 8.61. The third-order valence-electron chi connectivity index (χ3n) is 1.91. The highest BCUT2D eigenvalue weighted by Gasteiger charge is 2.18. The van der Waals surface area contributed by atoms with Crippen LogP contribution in [0.5, 0.6) is 0 Å². The van der Waals surface area contributed by atoms with Gasteiger partial charge in [-0.05, 0) is 12.8 Å². The normalized spacial score (nSPS) is 10.7. The molecule has 0 amide bonds. The lowest BCUT2D eigenvalue weighted by atomic mass is 9.90. The van der Waals surface area contributed by atoms with Gasteiger partial charge in [0.25, 0.3) is 0 Å². The standard InChI is InChI=1S/C11H21N/c1-4-7-10-11(12,8-5-2)9-6-3/h4-6,8-9,12H2,1-3H3. The first-order valence-corrected chi connectivity index (χ1v) is 4.97. The summed E-state index contributed by atoms with van der Waals surface area (Å²) in [5.74, 6) is 6.26. The molecule has 0 aromatic rings. The fraction of sp³-hybridized carbons (Fsp3) is 0.818. The van der Waals surface area contributed by atoms with Crippen molar-refractivity contribution >= 4 is 0 Å². The quantitative estimate of drug-likeness (QED) is 0.640. The molecule has 12 heavy (non-hydrogen) atoms. The summed E-state index contributed by atoms with van der Waals surface area (Å²) < 4.78 is 0. The van der Waals surface area contributed by atoms with Gasteiger partial charge in [-0.15, -0.1) is 5.92 Å². The Morgan fingerprint density at radius 1 is 1.08 bits per heavy atom. The predicted molar refractivity (Wildman–Crippen MR) is 54.8 cm³/mol. The van der Waals surface area contributed by atoms with Crippen LogP contribution in [0.3, 0.4) is 0 Å². The zero-order valence-electron chi connectivity index (χ0n) is 8.61. The van der Waals surface area contributed by atoms with Crippen molar-refractivity contribution in [2.45, 2.75) is 58.4 Å². The molecule has 1 heteroatoms. The van der Waals surface area contributed by atoms with E-state index in [-0.39, 0.29) is 5.54 Å². The minimum Gasteiger partial charge on any atom is -0.315 e. The third kappa shape index (κ3) is 4.41. The molecule has 0 aliphatic rings. The topological polar surface area (TPSA) is 26.0 Å². The van der Waals surface area contributed by atoms with Gasteiger partial charge in [-0.3, -0.25) is 0 Å². The molecule has 0 heterocycles. The van der Waals surface area contributed by atoms with Crippen LogP contribution in [0.2, 0.25) is 0 Å². The summed E-state index contributed by atoms with van der Waals surface area (Å²) in [6.07, 6.45) is 5.19. The van der Waals surface area contributed by atoms with Crippen LogP contribution in [-0.4, -0.2) is 5.54 Å². The second-order valence-corrected chi connectivity index (χ2v) is 3.31. The van der Waals surface area contributed by atoms with Crippen molar-refractivity contribution in [2.24, 2.45) is 5.73 Å². The molecular weight excluding hydrogens is 146 g/mol. The molecule has 0 aromatic carbocycles. The van der Waals surface area contributed by atoms with E-state index in [1.807, 2.05) is 0 Å². The van der Waals surface area contributed by atoms with Crippen molar-refractivity contribution in [1.82, 2.24) is 0 Å². The zero-order chi connectivity index (χ0) is 9.45. The van der Waals surface area contributed by atoms with E-state index in [4.69, 9.17) is 5.73 Å². The second-order valence-electron chi connectivity index (χ2n) is 3.31. The van der Waals surface area contributed by atoms with Crippen molar-refractivity contribution in [1.29, 1.82) is 0 Å². The van der Waals surface area contributed by atoms with E-state index in [9.17, 15) is 0 Å². The van der Waals surface area contributed by atoms with Gasteiger partial charge in [0.2, 0.25) is 0 Å². The van der Waals surface area contributed by atoms with Crippen molar-refractivity contribution in [2.75, 3.05) is 0 Å². The van der Waals surface area contributed by atoms with E-state index in [0.717, 1.165) is 32.1 Å². The van der Waals surface area contributed by atoms with Crippen molar-refractivity contribution in [3.63, 3.8) is 0 Å². The lowest BCUT2D eigenvalue weighted by Gasteiger charge is -2.22. The maximum absolute atomic E-state index is 6.13. The van der Waals surface area contributed by atoms with E-state index < -0.39 is 0 Å². The van der Waals surface area contributed by atoms with E-state index in [1.54, 1.807) is 0 Å². The molecule has 0 bridgehead atoms. The molecule has 0 aromatic heterocycles. The second kappa shape index (κ2) is 6.08. The van der Waals surface area contributed by atoms with Crippen LogP contribution in [0.4, 0.5) is 0 Å². The monoisotopic (exact) mass is 167 g/mol. The van der Waals surface area contributed by atoms with Crippen LogP contribution >= 0.6 is 0 Å². The Morgan fingerprint density at radius 3 is 1.92 bits per heavy atom. The molecule has 70 valence electrons. The molecule has 0 aliphatic carbocycles. The van der Waals surface area contributed by atoms with E-state index in [0.29, 0.717) is 0 Å². The summed E-state index contributed by atoms with van der Waals surface area (Å²) in [5, 5.41) is 0. The number of hydrogen-bond donors (Lipinski definition) is 1. The Kier molecular flexibility index (Phi) is 5.84. The molecule has 1 nitrogen and oxygen atoms in total. The van der Waals surface area contributed by atoms with Crippen LogP contribution < -0.4 is 5.73 Å². The van der Waals surface area contributed by atoms with Gasteiger partial charge in [-0.25, -0.2) is 0 Å². The third-order valence-corrected chi connectivity index (χ3v) is 1.91. The van der Waals surface area contributed by atoms with E-state index in [1.165, 1.54) is 0 Å². The minimum absolute atomic E-state index is 0.209. The van der Waals surface area contributed by atoms with Crippen LogP contribution in [-0.2, 0) is 0 Å². The lowest BCUT2D eigenvalue weighted by molar-refractivity contribution is 0.456. The van der Waals surface area contributed by atoms with Crippen molar-refractivity contribution in [3.8, 4) is 11.8 Å². The first-order chi connectivity index (χ1) is 5.68. The lowest BCUT2D eigenvalue weighted by Crippen LogP contribution is -2.37. The molecule has 0 saturated heterocycles. The van der Waals surface area contributed by atoms with Gasteiger partial charge in [0, 0.05) is 6.42 Å². The average molecular weight is 167 g/mol. The van der Waals surface area contributed by atoms with Crippen LogP contribution in [0.15, 0.2) is 0 Å². The maximum atomic E-state index is 6.13. The Hall–Kier alpha value is -0.480. The van der Waals surface area contributed by atoms with Gasteiger partial charge in [0.15, 0.2) is 0 Å². The number of nitrogens with two attached hydrogens (primary N) is 1. The van der Waals surface area contributed by atoms with Gasteiger partial charge < -0.3 is 5.73 Å². The summed E-state index contributed by atoms with van der Waals surface area (Å²) in [6.45, 7) is 6.38. The number of rotatable bonds is 4. The van der Waals surface area contributed by atoms with Crippen LogP contribution in [0.1, 0.15) is 52.9 Å². The maximum Gasteiger partial charge on any atom is 0.0775 e. The Balaban J connectivity index is 4.16. The molecule has 0 aliphatic heterocycles. The minimum atomic E-state index is -0.209. The average Bonchev–Trinajstić information content (AvgIpc) is 2.02. The molecule has 0 saturated carbocycles. The highest BCUT2D eigenvalue weighted by atomic mass is 14.7. The molecule has 2 N–H and O–H groups in total. The van der Waals surface area contributed by atoms with Gasteiger partial charge in [0.1, 0.15) is 0 Å². The van der Waals surface area contributed by atoms with E-state index >= 15 is 0 Å². The SMILES string of the molecule is CCC#CC(N)(CCC)CCC. The smallest absolute Gasteiger partial charge is 0.0775 e. The summed E-state index contributed by atoms with van der Waals surface area (Å²) in [4.78, 5) is 0. The molecule has 0 spiro atoms. The summed E-state index contributed by atoms with van der Waals surface area (Å²) in [6, 6.07) is 0. The van der Waals surface area contributed by atoms with Crippen molar-refractivity contribution < 1.29 is 0 Å². The fourth-order valence-electron chi connectivity index (χ4n) is 1.41. The summed E-state index contributed by atoms with van der Waals surface area (Å²) >= 11 is 0. The molecule has 0 fully saturated rings. The molecule has 0 unspecified atom stereocenters. The summed E-state index contributed by atoms with van der Waals surface area (Å²) in [7, 11) is 0. The van der Waals surface area contributed by atoms with Gasteiger partial charge in [-0.2, -0.15) is 0 Å². The molecule has 0 radical (unpaired) electrons. The van der Waals surface area contributed by atoms with Crippen LogP contribution in [0.25, 0.3) is 0 Å². The van der Waals surface area contributed by atoms with Gasteiger partial charge in [-0.1, -0.05) is 39.5 Å². The molecule has 0 rings (SSSR count). The van der Waals surface area contributed by atoms with E-state index in [2.05, 4.69) is 32.6 Å². The Morgan fingerprint density at radius 2 is 1.58 bits per heavy atom. The molecule has 0 atom stereocenters. The first-order valence-electron chi connectivity index (χ1n) is 4.97. The highest BCUT2D eigenvalue weighted by Crippen LogP contribution is 2.15. The van der Waals surface area contributed by atoms with Crippen molar-refractivity contribution in [3.05, 3.63) is 0 Å². The Bertz CT molecular complexity index is 156. The van der Waals surface area contributed by atoms with Crippen LogP contribution in [0, 0.1) is 11.8 Å². The van der Waals surface area contributed by atoms with Gasteiger partial charge >= 0.3 is 0 Å². The molecular formula is C11H21N. The fourth-order valence-corrected chi connectivity index (χ4v) is 1.41. The first kappa shape index (κ1) is 11.5. The highest BCUT2D eigenvalue weighted by molar-refractivity contribution is 5.15. The largest absolute Gasteiger partial charge is 0.315 e. The number of hydrogen-bond acceptors (Lipinski definition) is 1. The Labute approximate surface area is 76.7 Å².